The molecule has 0 aromatic heterocycles. The Balaban J connectivity index is 2.05. The molecular weight excluding hydrogens is 205 g/mol. The third-order valence-electron chi connectivity index (χ3n) is 3.45. The molecule has 0 amide bonds. The van der Waals surface area contributed by atoms with Crippen LogP contribution in [0, 0.1) is 0 Å². The second-order valence-corrected chi connectivity index (χ2v) is 4.62. The number of nitrogens with zero attached hydrogens (tertiary/aromatic N) is 1. The largest absolute Gasteiger partial charge is 0.393 e. The molecule has 16 heavy (non-hydrogen) atoms. The van der Waals surface area contributed by atoms with Gasteiger partial charge in [-0.3, -0.25) is 4.90 Å². The summed E-state index contributed by atoms with van der Waals surface area (Å²) in [7, 11) is 0. The number of alkyl halides is 1. The zero-order valence-corrected chi connectivity index (χ0v) is 9.56. The van der Waals surface area contributed by atoms with E-state index in [1.54, 1.807) is 0 Å². The van der Waals surface area contributed by atoms with Crippen LogP contribution in [0.3, 0.4) is 0 Å². The average molecular weight is 223 g/mol. The van der Waals surface area contributed by atoms with Crippen LogP contribution in [0.1, 0.15) is 24.9 Å². The van der Waals surface area contributed by atoms with Crippen molar-refractivity contribution in [2.75, 3.05) is 19.7 Å². The third-order valence-corrected chi connectivity index (χ3v) is 3.45. The summed E-state index contributed by atoms with van der Waals surface area (Å²) in [6, 6.07) is 10.3. The van der Waals surface area contributed by atoms with Crippen LogP contribution in [0.4, 0.5) is 4.39 Å². The molecule has 1 fully saturated rings. The summed E-state index contributed by atoms with van der Waals surface area (Å²) < 4.78 is 13.9. The number of likely N-dealkylation sites (tertiary alicyclic amines) is 1. The molecule has 0 saturated carbocycles. The molecule has 1 heterocycles. The molecule has 3 heteroatoms. The van der Waals surface area contributed by atoms with E-state index in [4.69, 9.17) is 5.11 Å². The molecule has 0 radical (unpaired) electrons. The Morgan fingerprint density at radius 3 is 2.69 bits per heavy atom. The van der Waals surface area contributed by atoms with Crippen LogP contribution in [0.15, 0.2) is 30.3 Å². The lowest BCUT2D eigenvalue weighted by Crippen LogP contribution is -2.33. The van der Waals surface area contributed by atoms with Crippen LogP contribution >= 0.6 is 0 Å². The molecule has 1 N–H and O–H groups in total. The van der Waals surface area contributed by atoms with Gasteiger partial charge in [0.05, 0.1) is 6.61 Å². The molecule has 2 rings (SSSR count). The van der Waals surface area contributed by atoms with E-state index in [0.717, 1.165) is 0 Å². The van der Waals surface area contributed by atoms with Crippen LogP contribution in [0.25, 0.3) is 0 Å². The van der Waals surface area contributed by atoms with Gasteiger partial charge in [0.15, 0.2) is 0 Å². The molecule has 2 nitrogen and oxygen atoms in total. The number of hydrogen-bond donors (Lipinski definition) is 1. The maximum atomic E-state index is 13.9. The normalized spacial score (nSPS) is 28.2. The van der Waals surface area contributed by atoms with Gasteiger partial charge in [-0.25, -0.2) is 4.39 Å². The van der Waals surface area contributed by atoms with Crippen molar-refractivity contribution in [3.63, 3.8) is 0 Å². The first-order valence-electron chi connectivity index (χ1n) is 5.73. The van der Waals surface area contributed by atoms with Gasteiger partial charge in [0, 0.05) is 19.1 Å². The second kappa shape index (κ2) is 4.52. The molecule has 1 aromatic rings. The van der Waals surface area contributed by atoms with Crippen LogP contribution in [-0.4, -0.2) is 35.4 Å². The Morgan fingerprint density at radius 1 is 1.44 bits per heavy atom. The van der Waals surface area contributed by atoms with Crippen LogP contribution in [-0.2, 0) is 0 Å². The van der Waals surface area contributed by atoms with E-state index in [0.29, 0.717) is 19.5 Å². The molecular formula is C13H18FNO. The van der Waals surface area contributed by atoms with Gasteiger partial charge in [0.25, 0.3) is 0 Å². The minimum absolute atomic E-state index is 0.213. The summed E-state index contributed by atoms with van der Waals surface area (Å²) in [5, 5.41) is 8.99. The molecule has 0 bridgehead atoms. The first kappa shape index (κ1) is 11.6. The maximum Gasteiger partial charge on any atom is 0.147 e. The summed E-state index contributed by atoms with van der Waals surface area (Å²) >= 11 is 0. The van der Waals surface area contributed by atoms with Gasteiger partial charge in [-0.1, -0.05) is 30.3 Å². The maximum absolute atomic E-state index is 13.9. The van der Waals surface area contributed by atoms with Crippen LogP contribution in [0.5, 0.6) is 0 Å². The minimum Gasteiger partial charge on any atom is -0.393 e. The van der Waals surface area contributed by atoms with Crippen LogP contribution in [0.2, 0.25) is 0 Å². The number of aliphatic hydroxyl groups excluding tert-OH is 1. The topological polar surface area (TPSA) is 23.5 Å². The predicted octanol–water partition coefficient (Wildman–Crippen LogP) is 2.15. The van der Waals surface area contributed by atoms with Gasteiger partial charge in [-0.15, -0.1) is 0 Å². The molecule has 0 aliphatic carbocycles. The fourth-order valence-electron chi connectivity index (χ4n) is 2.27. The molecule has 2 atom stereocenters. The molecule has 1 aromatic carbocycles. The van der Waals surface area contributed by atoms with E-state index in [-0.39, 0.29) is 12.6 Å². The standard InChI is InChI=1S/C13H18FNO/c1-11(12-5-3-2-4-6-12)15-8-7-13(14,9-15)10-16/h2-6,11,16H,7-10H2,1H3/t11-,13+/m1/s1. The lowest BCUT2D eigenvalue weighted by molar-refractivity contribution is 0.0727. The lowest BCUT2D eigenvalue weighted by Gasteiger charge is -2.25. The van der Waals surface area contributed by atoms with Crippen molar-refractivity contribution in [1.29, 1.82) is 0 Å². The van der Waals surface area contributed by atoms with E-state index in [1.807, 2.05) is 18.2 Å². The van der Waals surface area contributed by atoms with Gasteiger partial charge in [0.1, 0.15) is 5.67 Å². The third kappa shape index (κ3) is 2.25. The lowest BCUT2D eigenvalue weighted by atomic mass is 10.1. The van der Waals surface area contributed by atoms with E-state index in [9.17, 15) is 4.39 Å². The van der Waals surface area contributed by atoms with Crippen molar-refractivity contribution in [2.24, 2.45) is 0 Å². The van der Waals surface area contributed by atoms with Gasteiger partial charge in [-0.05, 0) is 18.9 Å². The summed E-state index contributed by atoms with van der Waals surface area (Å²) in [5.41, 5.74) is -0.201. The van der Waals surface area contributed by atoms with Gasteiger partial charge in [0.2, 0.25) is 0 Å². The zero-order valence-electron chi connectivity index (χ0n) is 9.56. The second-order valence-electron chi connectivity index (χ2n) is 4.62. The van der Waals surface area contributed by atoms with E-state index in [2.05, 4.69) is 24.0 Å². The Hall–Kier alpha value is -0.930. The van der Waals surface area contributed by atoms with Crippen molar-refractivity contribution in [2.45, 2.75) is 25.1 Å². The van der Waals surface area contributed by atoms with Gasteiger partial charge < -0.3 is 5.11 Å². The zero-order chi connectivity index (χ0) is 11.6. The van der Waals surface area contributed by atoms with Crippen molar-refractivity contribution in [1.82, 2.24) is 4.90 Å². The average Bonchev–Trinajstić information content (AvgIpc) is 2.73. The molecule has 1 saturated heterocycles. The Morgan fingerprint density at radius 2 is 2.12 bits per heavy atom. The molecule has 1 aliphatic heterocycles. The molecule has 88 valence electrons. The van der Waals surface area contributed by atoms with E-state index in [1.165, 1.54) is 5.56 Å². The fourth-order valence-corrected chi connectivity index (χ4v) is 2.27. The summed E-state index contributed by atoms with van der Waals surface area (Å²) in [6.07, 6.45) is 0.431. The number of hydrogen-bond acceptors (Lipinski definition) is 2. The van der Waals surface area contributed by atoms with Gasteiger partial charge >= 0.3 is 0 Å². The van der Waals surface area contributed by atoms with Gasteiger partial charge in [-0.2, -0.15) is 0 Å². The molecule has 0 unspecified atom stereocenters. The molecule has 1 aliphatic rings. The number of benzene rings is 1. The highest BCUT2D eigenvalue weighted by Crippen LogP contribution is 2.31. The number of rotatable bonds is 3. The Bertz CT molecular complexity index is 343. The van der Waals surface area contributed by atoms with Crippen molar-refractivity contribution >= 4 is 0 Å². The highest BCUT2D eigenvalue weighted by molar-refractivity contribution is 5.19. The Labute approximate surface area is 95.7 Å². The van der Waals surface area contributed by atoms with Crippen LogP contribution < -0.4 is 0 Å². The first-order chi connectivity index (χ1) is 7.64. The summed E-state index contributed by atoms with van der Waals surface area (Å²) in [4.78, 5) is 2.09. The van der Waals surface area contributed by atoms with Crippen molar-refractivity contribution < 1.29 is 9.50 Å². The van der Waals surface area contributed by atoms with Crippen molar-refractivity contribution in [3.05, 3.63) is 35.9 Å². The highest BCUT2D eigenvalue weighted by Gasteiger charge is 2.39. The molecule has 0 spiro atoms. The summed E-state index contributed by atoms with van der Waals surface area (Å²) in [6.45, 7) is 2.76. The smallest absolute Gasteiger partial charge is 0.147 e. The highest BCUT2D eigenvalue weighted by atomic mass is 19.1. The Kier molecular flexibility index (Phi) is 3.26. The summed E-state index contributed by atoms with van der Waals surface area (Å²) in [5.74, 6) is 0. The quantitative estimate of drug-likeness (QED) is 0.848. The SMILES string of the molecule is C[C@H](c1ccccc1)N1CC[C@@](F)(CO)C1. The van der Waals surface area contributed by atoms with E-state index < -0.39 is 5.67 Å². The van der Waals surface area contributed by atoms with Crippen molar-refractivity contribution in [3.8, 4) is 0 Å². The number of aliphatic hydroxyl groups is 1. The first-order valence-corrected chi connectivity index (χ1v) is 5.73. The fraction of sp³-hybridized carbons (Fsp3) is 0.538. The number of halogens is 1. The predicted molar refractivity (Wildman–Crippen MR) is 62.0 cm³/mol. The minimum atomic E-state index is -1.40. The monoisotopic (exact) mass is 223 g/mol. The van der Waals surface area contributed by atoms with E-state index >= 15 is 0 Å².